The van der Waals surface area contributed by atoms with Gasteiger partial charge in [-0.2, -0.15) is 0 Å². The Morgan fingerprint density at radius 1 is 0.719 bits per heavy atom. The number of carbonyl (C=O) groups excluding carboxylic acids is 2. The van der Waals surface area contributed by atoms with Crippen molar-refractivity contribution in [1.82, 2.24) is 9.97 Å². The van der Waals surface area contributed by atoms with Gasteiger partial charge >= 0.3 is 0 Å². The Morgan fingerprint density at radius 3 is 1.47 bits per heavy atom. The second-order valence-electron chi connectivity index (χ2n) is 7.99. The van der Waals surface area contributed by atoms with Crippen molar-refractivity contribution in [1.29, 1.82) is 0 Å². The Morgan fingerprint density at radius 2 is 1.09 bits per heavy atom. The average Bonchev–Trinajstić information content (AvgIpc) is 3.40. The number of aromatic nitrogens is 2. The molecule has 0 saturated carbocycles. The summed E-state index contributed by atoms with van der Waals surface area (Å²) >= 11 is 0. The maximum absolute atomic E-state index is 12.4. The van der Waals surface area contributed by atoms with Gasteiger partial charge in [0.15, 0.2) is 0 Å². The van der Waals surface area contributed by atoms with E-state index in [-0.39, 0.29) is 11.8 Å². The second kappa shape index (κ2) is 9.34. The number of para-hydroxylation sites is 2. The first kappa shape index (κ1) is 22.4. The maximum atomic E-state index is 12.4. The highest BCUT2D eigenvalue weighted by atomic mass is 33.1. The molecule has 0 aliphatic carbocycles. The van der Waals surface area contributed by atoms with Crippen molar-refractivity contribution in [2.75, 3.05) is 0 Å². The predicted octanol–water partition coefficient (Wildman–Crippen LogP) is 4.65. The molecule has 4 atom stereocenters. The molecule has 0 fully saturated rings. The standard InChI is InChI=1S/C24H26N4O2S2/c1-13(17-11-27-19-9-5-3-7-15(17)19)21(23(25)29)31-32-22(24(26)30)14(2)18-12-28-20-10-6-4-8-16(18)20/h3-14,21-22,27-28H,1-2H3,(H2,25,29)(H2,26,30). The van der Waals surface area contributed by atoms with Gasteiger partial charge < -0.3 is 21.4 Å². The fourth-order valence-electron chi connectivity index (χ4n) is 4.14. The third-order valence-electron chi connectivity index (χ3n) is 5.96. The molecule has 4 unspecified atom stereocenters. The summed E-state index contributed by atoms with van der Waals surface area (Å²) in [5.41, 5.74) is 15.7. The Bertz CT molecular complexity index is 1170. The van der Waals surface area contributed by atoms with Gasteiger partial charge in [0.1, 0.15) is 10.5 Å². The third-order valence-corrected chi connectivity index (χ3v) is 9.34. The number of benzene rings is 2. The van der Waals surface area contributed by atoms with Gasteiger partial charge in [-0.05, 0) is 23.3 Å². The lowest BCUT2D eigenvalue weighted by molar-refractivity contribution is -0.118. The molecule has 8 heteroatoms. The van der Waals surface area contributed by atoms with Crippen LogP contribution in [0.25, 0.3) is 21.8 Å². The molecule has 0 saturated heterocycles. The highest BCUT2D eigenvalue weighted by Crippen LogP contribution is 2.44. The third kappa shape index (κ3) is 4.25. The Labute approximate surface area is 194 Å². The number of amides is 2. The molecule has 0 spiro atoms. The van der Waals surface area contributed by atoms with E-state index in [0.717, 1.165) is 32.9 Å². The number of nitrogens with two attached hydrogens (primary N) is 2. The lowest BCUT2D eigenvalue weighted by Crippen LogP contribution is -2.33. The van der Waals surface area contributed by atoms with E-state index in [4.69, 9.17) is 11.5 Å². The normalized spacial score (nSPS) is 15.4. The van der Waals surface area contributed by atoms with E-state index in [9.17, 15) is 9.59 Å². The summed E-state index contributed by atoms with van der Waals surface area (Å²) in [5, 5.41) is 1.10. The van der Waals surface area contributed by atoms with Crippen LogP contribution in [0.5, 0.6) is 0 Å². The summed E-state index contributed by atoms with van der Waals surface area (Å²) in [7, 11) is 2.66. The smallest absolute Gasteiger partial charge is 0.232 e. The molecule has 0 radical (unpaired) electrons. The molecule has 2 aromatic heterocycles. The SMILES string of the molecule is CC(c1c[nH]c2ccccc12)C(SSC(C(N)=O)C(C)c1c[nH]c2ccccc12)C(N)=O. The zero-order valence-corrected chi connectivity index (χ0v) is 19.5. The lowest BCUT2D eigenvalue weighted by atomic mass is 9.96. The van der Waals surface area contributed by atoms with Crippen molar-refractivity contribution < 1.29 is 9.59 Å². The van der Waals surface area contributed by atoms with Gasteiger partial charge in [0, 0.05) is 46.0 Å². The van der Waals surface area contributed by atoms with Crippen molar-refractivity contribution in [3.05, 3.63) is 72.1 Å². The van der Waals surface area contributed by atoms with Crippen LogP contribution in [0.3, 0.4) is 0 Å². The summed E-state index contributed by atoms with van der Waals surface area (Å²) in [5.74, 6) is -1.11. The molecule has 2 amide bonds. The number of H-pyrrole nitrogens is 2. The zero-order chi connectivity index (χ0) is 22.8. The molecule has 0 bridgehead atoms. The van der Waals surface area contributed by atoms with Crippen LogP contribution in [0.4, 0.5) is 0 Å². The zero-order valence-electron chi connectivity index (χ0n) is 17.9. The number of hydrogen-bond acceptors (Lipinski definition) is 4. The van der Waals surface area contributed by atoms with Gasteiger partial charge in [-0.25, -0.2) is 0 Å². The topological polar surface area (TPSA) is 118 Å². The number of rotatable bonds is 9. The van der Waals surface area contributed by atoms with E-state index >= 15 is 0 Å². The predicted molar refractivity (Wildman–Crippen MR) is 135 cm³/mol. The fraction of sp³-hybridized carbons (Fsp3) is 0.250. The minimum absolute atomic E-state index is 0.141. The molecule has 0 aliphatic heterocycles. The molecule has 6 N–H and O–H groups in total. The van der Waals surface area contributed by atoms with Gasteiger partial charge in [-0.1, -0.05) is 71.8 Å². The van der Waals surface area contributed by atoms with Crippen molar-refractivity contribution in [2.45, 2.75) is 36.2 Å². The van der Waals surface area contributed by atoms with Gasteiger partial charge in [0.2, 0.25) is 11.8 Å². The van der Waals surface area contributed by atoms with E-state index in [1.807, 2.05) is 74.8 Å². The first-order valence-corrected chi connectivity index (χ1v) is 12.7. The molecular weight excluding hydrogens is 440 g/mol. The average molecular weight is 467 g/mol. The van der Waals surface area contributed by atoms with E-state index in [1.165, 1.54) is 21.6 Å². The highest BCUT2D eigenvalue weighted by molar-refractivity contribution is 8.77. The van der Waals surface area contributed by atoms with Crippen LogP contribution in [0.15, 0.2) is 60.9 Å². The van der Waals surface area contributed by atoms with Gasteiger partial charge in [0.05, 0.1) is 0 Å². The molecule has 32 heavy (non-hydrogen) atoms. The van der Waals surface area contributed by atoms with E-state index in [2.05, 4.69) is 9.97 Å². The summed E-state index contributed by atoms with van der Waals surface area (Å²) in [4.78, 5) is 31.3. The Balaban J connectivity index is 1.56. The van der Waals surface area contributed by atoms with Crippen molar-refractivity contribution >= 4 is 55.2 Å². The van der Waals surface area contributed by atoms with Crippen LogP contribution in [-0.2, 0) is 9.59 Å². The minimum Gasteiger partial charge on any atom is -0.369 e. The summed E-state index contributed by atoms with van der Waals surface area (Å²) in [6.45, 7) is 3.97. The molecule has 2 heterocycles. The molecule has 4 rings (SSSR count). The second-order valence-corrected chi connectivity index (χ2v) is 10.6. The van der Waals surface area contributed by atoms with Crippen LogP contribution in [0.2, 0.25) is 0 Å². The van der Waals surface area contributed by atoms with Crippen LogP contribution < -0.4 is 11.5 Å². The molecular formula is C24H26N4O2S2. The molecule has 4 aromatic rings. The maximum Gasteiger partial charge on any atom is 0.232 e. The molecule has 2 aromatic carbocycles. The lowest BCUT2D eigenvalue weighted by Gasteiger charge is -2.24. The number of nitrogens with one attached hydrogen (secondary N) is 2. The van der Waals surface area contributed by atoms with E-state index in [1.54, 1.807) is 0 Å². The van der Waals surface area contributed by atoms with Crippen LogP contribution in [0, 0.1) is 0 Å². The van der Waals surface area contributed by atoms with Gasteiger partial charge in [-0.15, -0.1) is 0 Å². The molecule has 166 valence electrons. The number of fused-ring (bicyclic) bond motifs is 2. The van der Waals surface area contributed by atoms with Gasteiger partial charge in [-0.3, -0.25) is 9.59 Å². The number of carbonyl (C=O) groups is 2. The fourth-order valence-corrected chi connectivity index (χ4v) is 7.48. The van der Waals surface area contributed by atoms with E-state index in [0.29, 0.717) is 0 Å². The minimum atomic E-state index is -0.517. The highest BCUT2D eigenvalue weighted by Gasteiger charge is 2.32. The monoisotopic (exact) mass is 466 g/mol. The summed E-state index contributed by atoms with van der Waals surface area (Å²) in [6.07, 6.45) is 3.85. The largest absolute Gasteiger partial charge is 0.369 e. The Kier molecular flexibility index (Phi) is 6.53. The first-order valence-electron chi connectivity index (χ1n) is 10.4. The van der Waals surface area contributed by atoms with Crippen LogP contribution in [-0.4, -0.2) is 32.3 Å². The number of hydrogen-bond donors (Lipinski definition) is 4. The van der Waals surface area contributed by atoms with E-state index < -0.39 is 22.3 Å². The number of aromatic amines is 2. The summed E-state index contributed by atoms with van der Waals surface area (Å²) in [6, 6.07) is 15.9. The number of primary amides is 2. The first-order chi connectivity index (χ1) is 15.4. The van der Waals surface area contributed by atoms with Crippen molar-refractivity contribution in [2.24, 2.45) is 11.5 Å². The van der Waals surface area contributed by atoms with Crippen LogP contribution >= 0.6 is 21.6 Å². The van der Waals surface area contributed by atoms with Crippen molar-refractivity contribution in [3.63, 3.8) is 0 Å². The quantitative estimate of drug-likeness (QED) is 0.269. The Hall–Kier alpha value is -2.84. The van der Waals surface area contributed by atoms with Crippen molar-refractivity contribution in [3.8, 4) is 0 Å². The summed E-state index contributed by atoms with van der Waals surface area (Å²) < 4.78 is 0. The van der Waals surface area contributed by atoms with Crippen LogP contribution in [0.1, 0.15) is 36.8 Å². The molecule has 0 aliphatic rings. The molecule has 6 nitrogen and oxygen atoms in total. The van der Waals surface area contributed by atoms with Gasteiger partial charge in [0.25, 0.3) is 0 Å².